The largest absolute Gasteiger partial charge is 0.493 e. The molecule has 2 aromatic rings. The SMILES string of the molecule is CC(NCc1cccc(CO)c1)c1ccc2c(c1)CCO2. The van der Waals surface area contributed by atoms with Crippen LogP contribution in [-0.2, 0) is 19.6 Å². The molecule has 1 unspecified atom stereocenters. The average Bonchev–Trinajstić information content (AvgIpc) is 3.00. The number of hydrogen-bond acceptors (Lipinski definition) is 3. The first-order valence-corrected chi connectivity index (χ1v) is 7.44. The van der Waals surface area contributed by atoms with Crippen LogP contribution in [0.1, 0.15) is 35.2 Å². The fourth-order valence-corrected chi connectivity index (χ4v) is 2.70. The van der Waals surface area contributed by atoms with Gasteiger partial charge in [0.1, 0.15) is 5.75 Å². The molecule has 21 heavy (non-hydrogen) atoms. The van der Waals surface area contributed by atoms with Crippen LogP contribution >= 0.6 is 0 Å². The summed E-state index contributed by atoms with van der Waals surface area (Å²) in [7, 11) is 0. The van der Waals surface area contributed by atoms with Crippen LogP contribution in [0.2, 0.25) is 0 Å². The van der Waals surface area contributed by atoms with Gasteiger partial charge in [-0.1, -0.05) is 36.4 Å². The van der Waals surface area contributed by atoms with Crippen LogP contribution in [0.4, 0.5) is 0 Å². The fourth-order valence-electron chi connectivity index (χ4n) is 2.70. The van der Waals surface area contributed by atoms with E-state index in [9.17, 15) is 5.11 Å². The summed E-state index contributed by atoms with van der Waals surface area (Å²) in [6.45, 7) is 3.86. The van der Waals surface area contributed by atoms with Gasteiger partial charge in [0.25, 0.3) is 0 Å². The molecule has 0 saturated carbocycles. The molecule has 0 aliphatic carbocycles. The fraction of sp³-hybridized carbons (Fsp3) is 0.333. The van der Waals surface area contributed by atoms with E-state index in [1.807, 2.05) is 18.2 Å². The van der Waals surface area contributed by atoms with Gasteiger partial charge in [-0.25, -0.2) is 0 Å². The molecule has 0 aromatic heterocycles. The van der Waals surface area contributed by atoms with E-state index in [2.05, 4.69) is 36.5 Å². The Bertz CT molecular complexity index is 624. The lowest BCUT2D eigenvalue weighted by Crippen LogP contribution is -2.18. The van der Waals surface area contributed by atoms with Gasteiger partial charge in [-0.05, 0) is 35.2 Å². The predicted molar refractivity (Wildman–Crippen MR) is 83.3 cm³/mol. The zero-order chi connectivity index (χ0) is 14.7. The monoisotopic (exact) mass is 283 g/mol. The number of nitrogens with one attached hydrogen (secondary N) is 1. The molecule has 3 nitrogen and oxygen atoms in total. The second kappa shape index (κ2) is 6.29. The lowest BCUT2D eigenvalue weighted by molar-refractivity contribution is 0.281. The van der Waals surface area contributed by atoms with Crippen molar-refractivity contribution in [3.63, 3.8) is 0 Å². The quantitative estimate of drug-likeness (QED) is 0.886. The number of fused-ring (bicyclic) bond motifs is 1. The Hall–Kier alpha value is -1.84. The first kappa shape index (κ1) is 14.1. The summed E-state index contributed by atoms with van der Waals surface area (Å²) in [5.41, 5.74) is 4.75. The second-order valence-electron chi connectivity index (χ2n) is 5.55. The van der Waals surface area contributed by atoms with Crippen molar-refractivity contribution in [1.29, 1.82) is 0 Å². The maximum Gasteiger partial charge on any atom is 0.122 e. The summed E-state index contributed by atoms with van der Waals surface area (Å²) < 4.78 is 5.54. The van der Waals surface area contributed by atoms with Crippen molar-refractivity contribution in [2.75, 3.05) is 6.61 Å². The van der Waals surface area contributed by atoms with E-state index >= 15 is 0 Å². The van der Waals surface area contributed by atoms with Gasteiger partial charge in [-0.3, -0.25) is 0 Å². The molecule has 0 bridgehead atoms. The highest BCUT2D eigenvalue weighted by Gasteiger charge is 2.14. The van der Waals surface area contributed by atoms with E-state index in [-0.39, 0.29) is 12.6 Å². The van der Waals surface area contributed by atoms with Crippen molar-refractivity contribution in [2.24, 2.45) is 0 Å². The number of aliphatic hydroxyl groups is 1. The molecule has 0 radical (unpaired) electrons. The van der Waals surface area contributed by atoms with Crippen LogP contribution in [0.15, 0.2) is 42.5 Å². The van der Waals surface area contributed by atoms with E-state index in [0.717, 1.165) is 30.9 Å². The lowest BCUT2D eigenvalue weighted by atomic mass is 10.0. The summed E-state index contributed by atoms with van der Waals surface area (Å²) in [6, 6.07) is 14.8. The van der Waals surface area contributed by atoms with Crippen LogP contribution in [0.5, 0.6) is 5.75 Å². The zero-order valence-electron chi connectivity index (χ0n) is 12.3. The molecule has 2 N–H and O–H groups in total. The predicted octanol–water partition coefficient (Wildman–Crippen LogP) is 2.96. The van der Waals surface area contributed by atoms with E-state index in [4.69, 9.17) is 4.74 Å². The third-order valence-electron chi connectivity index (χ3n) is 4.00. The Morgan fingerprint density at radius 2 is 2.05 bits per heavy atom. The lowest BCUT2D eigenvalue weighted by Gasteiger charge is -2.15. The highest BCUT2D eigenvalue weighted by Crippen LogP contribution is 2.28. The van der Waals surface area contributed by atoms with Crippen molar-refractivity contribution in [1.82, 2.24) is 5.32 Å². The maximum atomic E-state index is 9.17. The minimum atomic E-state index is 0.0915. The van der Waals surface area contributed by atoms with Crippen molar-refractivity contribution in [3.05, 3.63) is 64.7 Å². The summed E-state index contributed by atoms with van der Waals surface area (Å²) in [4.78, 5) is 0. The number of aliphatic hydroxyl groups excluding tert-OH is 1. The molecule has 1 atom stereocenters. The third kappa shape index (κ3) is 3.26. The molecule has 1 heterocycles. The van der Waals surface area contributed by atoms with Gasteiger partial charge in [0.2, 0.25) is 0 Å². The van der Waals surface area contributed by atoms with Crippen molar-refractivity contribution < 1.29 is 9.84 Å². The summed E-state index contributed by atoms with van der Waals surface area (Å²) in [5, 5.41) is 12.7. The van der Waals surface area contributed by atoms with Crippen molar-refractivity contribution in [2.45, 2.75) is 32.5 Å². The maximum absolute atomic E-state index is 9.17. The smallest absolute Gasteiger partial charge is 0.122 e. The molecule has 1 aliphatic rings. The van der Waals surface area contributed by atoms with Crippen molar-refractivity contribution in [3.8, 4) is 5.75 Å². The highest BCUT2D eigenvalue weighted by molar-refractivity contribution is 5.40. The molecular weight excluding hydrogens is 262 g/mol. The topological polar surface area (TPSA) is 41.5 Å². The molecule has 3 heteroatoms. The first-order valence-electron chi connectivity index (χ1n) is 7.44. The molecule has 0 amide bonds. The standard InChI is InChI=1S/C18H21NO2/c1-13(16-5-6-18-17(10-16)7-8-21-18)19-11-14-3-2-4-15(9-14)12-20/h2-6,9-10,13,19-20H,7-8,11-12H2,1H3. The Balaban J connectivity index is 1.64. The Kier molecular flexibility index (Phi) is 4.23. The normalized spacial score (nSPS) is 14.6. The third-order valence-corrected chi connectivity index (χ3v) is 4.00. The van der Waals surface area contributed by atoms with Gasteiger partial charge in [0.15, 0.2) is 0 Å². The van der Waals surface area contributed by atoms with Crippen LogP contribution in [0.25, 0.3) is 0 Å². The van der Waals surface area contributed by atoms with Crippen LogP contribution in [0.3, 0.4) is 0 Å². The van der Waals surface area contributed by atoms with Gasteiger partial charge >= 0.3 is 0 Å². The Labute approximate surface area is 125 Å². The first-order chi connectivity index (χ1) is 10.3. The summed E-state index contributed by atoms with van der Waals surface area (Å²) in [5.74, 6) is 1.03. The van der Waals surface area contributed by atoms with Gasteiger partial charge in [0.05, 0.1) is 13.2 Å². The molecule has 2 aromatic carbocycles. The van der Waals surface area contributed by atoms with Crippen LogP contribution in [-0.4, -0.2) is 11.7 Å². The van der Waals surface area contributed by atoms with Crippen molar-refractivity contribution >= 4 is 0 Å². The number of ether oxygens (including phenoxy) is 1. The zero-order valence-corrected chi connectivity index (χ0v) is 12.3. The van der Waals surface area contributed by atoms with Gasteiger partial charge in [0, 0.05) is 19.0 Å². The number of hydrogen-bond donors (Lipinski definition) is 2. The Morgan fingerprint density at radius 3 is 2.90 bits per heavy atom. The molecular formula is C18H21NO2. The minimum Gasteiger partial charge on any atom is -0.493 e. The summed E-state index contributed by atoms with van der Waals surface area (Å²) >= 11 is 0. The van der Waals surface area contributed by atoms with Gasteiger partial charge in [-0.15, -0.1) is 0 Å². The minimum absolute atomic E-state index is 0.0915. The van der Waals surface area contributed by atoms with E-state index in [1.165, 1.54) is 16.7 Å². The van der Waals surface area contributed by atoms with E-state index in [0.29, 0.717) is 0 Å². The molecule has 1 aliphatic heterocycles. The van der Waals surface area contributed by atoms with Crippen LogP contribution < -0.4 is 10.1 Å². The van der Waals surface area contributed by atoms with E-state index < -0.39 is 0 Å². The Morgan fingerprint density at radius 1 is 1.19 bits per heavy atom. The van der Waals surface area contributed by atoms with Gasteiger partial charge in [-0.2, -0.15) is 0 Å². The molecule has 0 spiro atoms. The van der Waals surface area contributed by atoms with Gasteiger partial charge < -0.3 is 15.2 Å². The number of benzene rings is 2. The van der Waals surface area contributed by atoms with E-state index in [1.54, 1.807) is 0 Å². The average molecular weight is 283 g/mol. The summed E-state index contributed by atoms with van der Waals surface area (Å²) in [6.07, 6.45) is 1.01. The molecule has 0 saturated heterocycles. The molecule has 110 valence electrons. The number of rotatable bonds is 5. The second-order valence-corrected chi connectivity index (χ2v) is 5.55. The molecule has 3 rings (SSSR count). The van der Waals surface area contributed by atoms with Crippen LogP contribution in [0, 0.1) is 0 Å². The highest BCUT2D eigenvalue weighted by atomic mass is 16.5. The molecule has 0 fully saturated rings.